The molecule has 0 saturated heterocycles. The highest BCUT2D eigenvalue weighted by molar-refractivity contribution is 6.26. The van der Waals surface area contributed by atoms with Gasteiger partial charge in [-0.05, 0) is 116 Å². The molecule has 7 heteroatoms. The normalized spacial score (nSPS) is 12.5. The van der Waals surface area contributed by atoms with Gasteiger partial charge in [-0.1, -0.05) is 133 Å². The van der Waals surface area contributed by atoms with Crippen molar-refractivity contribution in [3.63, 3.8) is 0 Å². The lowest BCUT2D eigenvalue weighted by Gasteiger charge is -2.37. The van der Waals surface area contributed by atoms with E-state index in [1.807, 2.05) is 36.4 Å². The van der Waals surface area contributed by atoms with Crippen molar-refractivity contribution in [3.05, 3.63) is 242 Å². The van der Waals surface area contributed by atoms with Crippen LogP contribution in [0.15, 0.2) is 233 Å². The standard InChI is InChI=1S/C69H43F2N3O2/c1-69(2,74-56-29-11-3-21-44(56)45-22-4-12-30-57(45)74)64-65(72-54-27-9-5-25-50(54)62-58(72)35-33-48-46-23-7-13-31-60(46)75-67(48)62)52(40-17-15-19-42(70)37-40)39-53(41-18-16-20-43(71)38-41)66(64)73-55-28-10-6-26-51(55)63-59(73)36-34-49-47-24-8-14-32-61(47)76-68(49)63/h3-39H,1-2H3. The minimum atomic E-state index is -0.971. The van der Waals surface area contributed by atoms with Crippen LogP contribution in [0.2, 0.25) is 0 Å². The third kappa shape index (κ3) is 5.82. The Labute approximate surface area is 433 Å². The highest BCUT2D eigenvalue weighted by Gasteiger charge is 2.39. The van der Waals surface area contributed by atoms with Gasteiger partial charge in [0.1, 0.15) is 34.0 Å². The van der Waals surface area contributed by atoms with Gasteiger partial charge < -0.3 is 22.5 Å². The van der Waals surface area contributed by atoms with Gasteiger partial charge in [0.05, 0.1) is 49.8 Å². The van der Waals surface area contributed by atoms with Crippen LogP contribution in [0.25, 0.3) is 143 Å². The zero-order valence-corrected chi connectivity index (χ0v) is 41.3. The summed E-state index contributed by atoms with van der Waals surface area (Å²) in [6.07, 6.45) is 0. The number of hydrogen-bond acceptors (Lipinski definition) is 2. The minimum Gasteiger partial charge on any atom is -0.455 e. The molecular formula is C69H43F2N3O2. The van der Waals surface area contributed by atoms with Crippen molar-refractivity contribution in [1.82, 2.24) is 13.7 Å². The van der Waals surface area contributed by atoms with Gasteiger partial charge in [0, 0.05) is 70.8 Å². The van der Waals surface area contributed by atoms with Gasteiger partial charge >= 0.3 is 0 Å². The van der Waals surface area contributed by atoms with Crippen LogP contribution in [-0.2, 0) is 5.54 Å². The smallest absolute Gasteiger partial charge is 0.145 e. The molecule has 0 aliphatic rings. The van der Waals surface area contributed by atoms with Gasteiger partial charge in [-0.15, -0.1) is 0 Å². The van der Waals surface area contributed by atoms with E-state index in [4.69, 9.17) is 8.83 Å². The maximum absolute atomic E-state index is 16.3. The first kappa shape index (κ1) is 42.8. The van der Waals surface area contributed by atoms with E-state index in [1.165, 1.54) is 12.1 Å². The fourth-order valence-electron chi connectivity index (χ4n) is 13.0. The van der Waals surface area contributed by atoms with Crippen LogP contribution in [0.3, 0.4) is 0 Å². The Morgan fingerprint density at radius 1 is 0.342 bits per heavy atom. The van der Waals surface area contributed by atoms with Gasteiger partial charge in [0.2, 0.25) is 0 Å². The summed E-state index contributed by atoms with van der Waals surface area (Å²) in [7, 11) is 0. The molecule has 0 radical (unpaired) electrons. The van der Waals surface area contributed by atoms with E-state index in [2.05, 4.69) is 179 Å². The van der Waals surface area contributed by atoms with E-state index in [9.17, 15) is 0 Å². The number of halogens is 2. The van der Waals surface area contributed by atoms with E-state index in [1.54, 1.807) is 24.3 Å². The first-order chi connectivity index (χ1) is 37.3. The van der Waals surface area contributed by atoms with Crippen LogP contribution < -0.4 is 0 Å². The molecule has 0 saturated carbocycles. The maximum Gasteiger partial charge on any atom is 0.145 e. The van der Waals surface area contributed by atoms with Gasteiger partial charge in [0.25, 0.3) is 0 Å². The van der Waals surface area contributed by atoms with Crippen molar-refractivity contribution in [2.75, 3.05) is 0 Å². The number of fused-ring (bicyclic) bond motifs is 17. The maximum atomic E-state index is 16.3. The van der Waals surface area contributed by atoms with Gasteiger partial charge in [0.15, 0.2) is 0 Å². The van der Waals surface area contributed by atoms with Crippen LogP contribution in [0, 0.1) is 11.6 Å². The number of rotatable bonds is 6. The molecule has 0 atom stereocenters. The van der Waals surface area contributed by atoms with E-state index < -0.39 is 5.54 Å². The number of para-hydroxylation sites is 6. The summed E-state index contributed by atoms with van der Waals surface area (Å²) in [5, 5.41) is 10.3. The fraction of sp³-hybridized carbons (Fsp3) is 0.0435. The second kappa shape index (κ2) is 15.7. The van der Waals surface area contributed by atoms with Crippen molar-refractivity contribution in [2.24, 2.45) is 0 Å². The van der Waals surface area contributed by atoms with Crippen LogP contribution in [0.5, 0.6) is 0 Å². The van der Waals surface area contributed by atoms with E-state index in [0.717, 1.165) is 137 Å². The van der Waals surface area contributed by atoms with Gasteiger partial charge in [-0.3, -0.25) is 0 Å². The molecule has 5 heterocycles. The first-order valence-electron chi connectivity index (χ1n) is 25.7. The quantitative estimate of drug-likeness (QED) is 0.167. The highest BCUT2D eigenvalue weighted by Crippen LogP contribution is 2.53. The molecule has 360 valence electrons. The highest BCUT2D eigenvalue weighted by atomic mass is 19.1. The molecule has 0 bridgehead atoms. The third-order valence-corrected chi connectivity index (χ3v) is 16.1. The van der Waals surface area contributed by atoms with Crippen molar-refractivity contribution in [1.29, 1.82) is 0 Å². The molecule has 0 aliphatic carbocycles. The molecular weight excluding hydrogens is 941 g/mol. The number of hydrogen-bond donors (Lipinski definition) is 0. The molecule has 0 fully saturated rings. The molecule has 16 aromatic rings. The molecule has 76 heavy (non-hydrogen) atoms. The topological polar surface area (TPSA) is 41.1 Å². The Hall–Kier alpha value is -9.72. The number of furan rings is 2. The second-order valence-electron chi connectivity index (χ2n) is 20.6. The zero-order chi connectivity index (χ0) is 50.6. The van der Waals surface area contributed by atoms with Gasteiger partial charge in [-0.25, -0.2) is 8.78 Å². The summed E-state index contributed by atoms with van der Waals surface area (Å²) >= 11 is 0. The van der Waals surface area contributed by atoms with Crippen LogP contribution in [0.4, 0.5) is 8.78 Å². The predicted molar refractivity (Wildman–Crippen MR) is 308 cm³/mol. The molecule has 5 aromatic heterocycles. The SMILES string of the molecule is CC(C)(c1c(-n2c3ccccc3c3c4oc5ccccc5c4ccc32)c(-c2cccc(F)c2)cc(-c2cccc(F)c2)c1-n1c2ccccc2c2c3oc4ccccc4c3ccc21)n1c2ccccc2c2ccccc21. The molecule has 0 unspecified atom stereocenters. The zero-order valence-electron chi connectivity index (χ0n) is 41.3. The second-order valence-corrected chi connectivity index (χ2v) is 20.6. The average Bonchev–Trinajstić information content (AvgIpc) is 4.44. The molecule has 0 spiro atoms. The molecule has 0 aliphatic heterocycles. The van der Waals surface area contributed by atoms with E-state index in [-0.39, 0.29) is 11.6 Å². The Bertz CT molecular complexity index is 4830. The first-order valence-corrected chi connectivity index (χ1v) is 25.7. The summed E-state index contributed by atoms with van der Waals surface area (Å²) in [5.74, 6) is -0.738. The Morgan fingerprint density at radius 3 is 1.18 bits per heavy atom. The van der Waals surface area contributed by atoms with Crippen LogP contribution in [-0.4, -0.2) is 13.7 Å². The van der Waals surface area contributed by atoms with Gasteiger partial charge in [-0.2, -0.15) is 0 Å². The van der Waals surface area contributed by atoms with E-state index in [0.29, 0.717) is 11.1 Å². The average molecular weight is 984 g/mol. The Kier molecular flexibility index (Phi) is 8.80. The molecule has 11 aromatic carbocycles. The van der Waals surface area contributed by atoms with E-state index >= 15 is 8.78 Å². The lowest BCUT2D eigenvalue weighted by Crippen LogP contribution is -2.31. The molecule has 16 rings (SSSR count). The molecule has 0 amide bonds. The number of nitrogens with zero attached hydrogens (tertiary/aromatic N) is 3. The Balaban J connectivity index is 1.20. The predicted octanol–water partition coefficient (Wildman–Crippen LogP) is 19.2. The summed E-state index contributed by atoms with van der Waals surface area (Å²) in [5.41, 5.74) is 13.5. The lowest BCUT2D eigenvalue weighted by molar-refractivity contribution is 0.462. The van der Waals surface area contributed by atoms with Crippen molar-refractivity contribution < 1.29 is 17.6 Å². The fourth-order valence-corrected chi connectivity index (χ4v) is 13.0. The largest absolute Gasteiger partial charge is 0.455 e. The third-order valence-electron chi connectivity index (χ3n) is 16.1. The van der Waals surface area contributed by atoms with Crippen molar-refractivity contribution in [3.8, 4) is 33.6 Å². The summed E-state index contributed by atoms with van der Waals surface area (Å²) in [6.45, 7) is 4.60. The number of benzene rings is 11. The monoisotopic (exact) mass is 983 g/mol. The minimum absolute atomic E-state index is 0.369. The summed E-state index contributed by atoms with van der Waals surface area (Å²) < 4.78 is 53.6. The lowest BCUT2D eigenvalue weighted by atomic mass is 9.82. The number of aromatic nitrogens is 3. The summed E-state index contributed by atoms with van der Waals surface area (Å²) in [6, 6.07) is 75.3. The van der Waals surface area contributed by atoms with Crippen LogP contribution >= 0.6 is 0 Å². The Morgan fingerprint density at radius 2 is 0.737 bits per heavy atom. The summed E-state index contributed by atoms with van der Waals surface area (Å²) in [4.78, 5) is 0. The molecule has 5 nitrogen and oxygen atoms in total. The van der Waals surface area contributed by atoms with Crippen molar-refractivity contribution in [2.45, 2.75) is 19.4 Å². The van der Waals surface area contributed by atoms with Crippen LogP contribution in [0.1, 0.15) is 19.4 Å². The molecule has 0 N–H and O–H groups in total. The van der Waals surface area contributed by atoms with Crippen molar-refractivity contribution >= 4 is 109 Å².